The lowest BCUT2D eigenvalue weighted by Gasteiger charge is -2.18. The van der Waals surface area contributed by atoms with E-state index in [0.717, 1.165) is 16.8 Å². The number of carbonyl (C=O) groups excluding carboxylic acids is 2. The molecule has 0 aliphatic carbocycles. The molecule has 2 heterocycles. The molecule has 0 spiro atoms. The van der Waals surface area contributed by atoms with E-state index in [4.69, 9.17) is 11.7 Å². The molecule has 0 radical (unpaired) electrons. The number of amides is 2. The van der Waals surface area contributed by atoms with Crippen molar-refractivity contribution in [2.45, 2.75) is 16.8 Å². The number of nitrogens with two attached hydrogens (primary N) is 1. The van der Waals surface area contributed by atoms with Gasteiger partial charge in [-0.05, 0) is 25.3 Å². The molecule has 12 heteroatoms. The molecule has 1 aromatic carbocycles. The number of nitrogens with one attached hydrogen (secondary N) is 1. The molecule has 0 unspecified atom stereocenters. The Bertz CT molecular complexity index is 1220. The first-order valence-electron chi connectivity index (χ1n) is 7.95. The minimum Gasteiger partial charge on any atom is -0.281 e. The van der Waals surface area contributed by atoms with Gasteiger partial charge in [0.1, 0.15) is 5.03 Å². The number of primary sulfonamides is 1. The Hall–Kier alpha value is -3.27. The highest BCUT2D eigenvalue weighted by atomic mass is 32.2. The first-order valence-corrected chi connectivity index (χ1v) is 10.7. The van der Waals surface area contributed by atoms with Gasteiger partial charge in [-0.1, -0.05) is 12.1 Å². The summed E-state index contributed by atoms with van der Waals surface area (Å²) < 4.78 is 23.3. The minimum atomic E-state index is -3.94. The van der Waals surface area contributed by atoms with Crippen molar-refractivity contribution < 1.29 is 18.0 Å². The molecule has 0 fully saturated rings. The fraction of sp³-hybridized carbons (Fsp3) is 0.118. The van der Waals surface area contributed by atoms with Crippen LogP contribution in [-0.2, 0) is 19.6 Å². The molecule has 3 rings (SSSR count). The summed E-state index contributed by atoms with van der Waals surface area (Å²) in [7, 11) is -3.94. The van der Waals surface area contributed by atoms with Crippen LogP contribution in [0.25, 0.3) is 16.2 Å². The van der Waals surface area contributed by atoms with Crippen LogP contribution < -0.4 is 10.6 Å². The number of anilines is 1. The van der Waals surface area contributed by atoms with Crippen molar-refractivity contribution in [3.05, 3.63) is 47.3 Å². The Kier molecular flexibility index (Phi) is 5.38. The lowest BCUT2D eigenvalue weighted by Crippen LogP contribution is -2.36. The highest BCUT2D eigenvalue weighted by Crippen LogP contribution is 2.35. The van der Waals surface area contributed by atoms with Gasteiger partial charge in [-0.2, -0.15) is 5.01 Å². The maximum absolute atomic E-state index is 12.2. The van der Waals surface area contributed by atoms with Crippen LogP contribution in [0.1, 0.15) is 6.92 Å². The number of rotatable bonds is 5. The van der Waals surface area contributed by atoms with E-state index in [9.17, 15) is 18.0 Å². The van der Waals surface area contributed by atoms with E-state index in [-0.39, 0.29) is 32.8 Å². The fourth-order valence-electron chi connectivity index (χ4n) is 2.50. The summed E-state index contributed by atoms with van der Waals surface area (Å²) in [4.78, 5) is 36.0. The van der Waals surface area contributed by atoms with Gasteiger partial charge in [0, 0.05) is 17.2 Å². The molecule has 2 amide bonds. The average Bonchev–Trinajstić information content (AvgIpc) is 2.92. The third-order valence-corrected chi connectivity index (χ3v) is 5.48. The third kappa shape index (κ3) is 3.97. The van der Waals surface area contributed by atoms with Crippen LogP contribution in [0, 0.1) is 6.57 Å². The molecule has 148 valence electrons. The van der Waals surface area contributed by atoms with Crippen LogP contribution in [0.3, 0.4) is 0 Å². The van der Waals surface area contributed by atoms with E-state index >= 15 is 0 Å². The summed E-state index contributed by atoms with van der Waals surface area (Å²) in [6, 6.07) is 5.69. The van der Waals surface area contributed by atoms with Crippen LogP contribution in [-0.4, -0.2) is 41.5 Å². The first kappa shape index (κ1) is 20.5. The number of sulfonamides is 1. The number of aromatic nitrogens is 2. The van der Waals surface area contributed by atoms with Crippen molar-refractivity contribution in [3.63, 3.8) is 0 Å². The number of imide groups is 1. The largest absolute Gasteiger partial charge is 0.281 e. The van der Waals surface area contributed by atoms with Crippen LogP contribution in [0.4, 0.5) is 11.5 Å². The van der Waals surface area contributed by atoms with Crippen LogP contribution in [0.15, 0.2) is 45.8 Å². The second-order valence-electron chi connectivity index (χ2n) is 5.86. The van der Waals surface area contributed by atoms with Crippen molar-refractivity contribution in [3.8, 4) is 11.4 Å². The predicted molar refractivity (Wildman–Crippen MR) is 106 cm³/mol. The molecule has 10 nitrogen and oxygen atoms in total. The average molecular weight is 430 g/mol. The third-order valence-electron chi connectivity index (χ3n) is 3.90. The first-order chi connectivity index (χ1) is 13.7. The van der Waals surface area contributed by atoms with E-state index in [2.05, 4.69) is 20.2 Å². The van der Waals surface area contributed by atoms with E-state index in [1.807, 2.05) is 0 Å². The SMILES string of the molecule is [C-]#[N+]c1c(NN2C(=O)C=C(C)C2=O)nc(-c2cccc(S(N)(=O)=O)c2)nc1SC. The van der Waals surface area contributed by atoms with Gasteiger partial charge in [0.15, 0.2) is 11.6 Å². The molecule has 0 saturated heterocycles. The Morgan fingerprint density at radius 3 is 2.55 bits per heavy atom. The molecule has 0 atom stereocenters. The number of hydrogen-bond acceptors (Lipinski definition) is 8. The van der Waals surface area contributed by atoms with Gasteiger partial charge in [0.05, 0.1) is 11.5 Å². The number of nitrogens with zero attached hydrogens (tertiary/aromatic N) is 4. The normalized spacial score (nSPS) is 14.0. The number of carbonyl (C=O) groups is 2. The standard InChI is InChI=1S/C17H14N6O4S2/c1-9-7-12(24)23(17(9)25)22-15-13(19-2)16(28-3)21-14(20-15)10-5-4-6-11(8-10)29(18,26)27/h4-8H,1,3H3,(H2,18,26,27)(H,20,21,22). The van der Waals surface area contributed by atoms with Crippen LogP contribution in [0.2, 0.25) is 0 Å². The minimum absolute atomic E-state index is 0.0222. The van der Waals surface area contributed by atoms with Crippen molar-refractivity contribution in [2.24, 2.45) is 5.14 Å². The van der Waals surface area contributed by atoms with Crippen molar-refractivity contribution >= 4 is 45.1 Å². The molecule has 1 aliphatic rings. The maximum Gasteiger partial charge on any atom is 0.275 e. The highest BCUT2D eigenvalue weighted by molar-refractivity contribution is 7.98. The Morgan fingerprint density at radius 1 is 1.28 bits per heavy atom. The molecular weight excluding hydrogens is 416 g/mol. The van der Waals surface area contributed by atoms with Gasteiger partial charge in [-0.3, -0.25) is 15.0 Å². The van der Waals surface area contributed by atoms with Crippen molar-refractivity contribution in [2.75, 3.05) is 11.7 Å². The van der Waals surface area contributed by atoms with Crippen LogP contribution >= 0.6 is 11.8 Å². The second-order valence-corrected chi connectivity index (χ2v) is 8.21. The van der Waals surface area contributed by atoms with Crippen molar-refractivity contribution in [1.29, 1.82) is 0 Å². The molecule has 0 saturated carbocycles. The molecular formula is C17H14N6O4S2. The maximum atomic E-state index is 12.2. The molecule has 1 aliphatic heterocycles. The molecule has 29 heavy (non-hydrogen) atoms. The van der Waals surface area contributed by atoms with E-state index in [0.29, 0.717) is 5.56 Å². The van der Waals surface area contributed by atoms with E-state index in [1.54, 1.807) is 12.3 Å². The quantitative estimate of drug-likeness (QED) is 0.316. The lowest BCUT2D eigenvalue weighted by molar-refractivity contribution is -0.135. The molecule has 2 aromatic rings. The second kappa shape index (κ2) is 7.63. The number of thioether (sulfide) groups is 1. The summed E-state index contributed by atoms with van der Waals surface area (Å²) in [6.45, 7) is 8.92. The van der Waals surface area contributed by atoms with Gasteiger partial charge in [0.25, 0.3) is 17.5 Å². The van der Waals surface area contributed by atoms with Crippen molar-refractivity contribution in [1.82, 2.24) is 15.0 Å². The summed E-state index contributed by atoms with van der Waals surface area (Å²) in [5, 5.41) is 6.22. The van der Waals surface area contributed by atoms with Crippen LogP contribution in [0.5, 0.6) is 0 Å². The Labute approximate surface area is 170 Å². The summed E-state index contributed by atoms with van der Waals surface area (Å²) >= 11 is 1.16. The van der Waals surface area contributed by atoms with Gasteiger partial charge >= 0.3 is 0 Å². The van der Waals surface area contributed by atoms with E-state index in [1.165, 1.54) is 31.2 Å². The smallest absolute Gasteiger partial charge is 0.275 e. The Balaban J connectivity index is 2.12. The molecule has 1 aromatic heterocycles. The number of hydrazine groups is 1. The highest BCUT2D eigenvalue weighted by Gasteiger charge is 2.30. The topological polar surface area (TPSA) is 140 Å². The zero-order chi connectivity index (χ0) is 21.3. The van der Waals surface area contributed by atoms with Gasteiger partial charge in [-0.15, -0.1) is 11.8 Å². The van der Waals surface area contributed by atoms with Gasteiger partial charge in [0.2, 0.25) is 10.0 Å². The Morgan fingerprint density at radius 2 is 2.00 bits per heavy atom. The number of hydrogen-bond donors (Lipinski definition) is 2. The fourth-order valence-corrected chi connectivity index (χ4v) is 3.57. The van der Waals surface area contributed by atoms with Gasteiger partial charge in [-0.25, -0.2) is 28.4 Å². The molecule has 0 bridgehead atoms. The van der Waals surface area contributed by atoms with Gasteiger partial charge < -0.3 is 0 Å². The zero-order valence-electron chi connectivity index (χ0n) is 15.2. The summed E-state index contributed by atoms with van der Waals surface area (Å²) in [5.41, 5.74) is 3.18. The lowest BCUT2D eigenvalue weighted by atomic mass is 10.2. The number of benzene rings is 1. The summed E-state index contributed by atoms with van der Waals surface area (Å²) in [6.07, 6.45) is 2.86. The zero-order valence-corrected chi connectivity index (χ0v) is 16.8. The molecule has 3 N–H and O–H groups in total. The predicted octanol–water partition coefficient (Wildman–Crippen LogP) is 1.71. The monoisotopic (exact) mass is 430 g/mol. The van der Waals surface area contributed by atoms with E-state index < -0.39 is 21.8 Å². The summed E-state index contributed by atoms with van der Waals surface area (Å²) in [5.74, 6) is -1.11.